The van der Waals surface area contributed by atoms with Crippen LogP contribution in [0.4, 0.5) is 16.2 Å². The summed E-state index contributed by atoms with van der Waals surface area (Å²) in [5.74, 6) is 0. The van der Waals surface area contributed by atoms with E-state index in [1.54, 1.807) is 0 Å². The fourth-order valence-corrected chi connectivity index (χ4v) is 3.11. The van der Waals surface area contributed by atoms with Gasteiger partial charge in [-0.15, -0.1) is 0 Å². The number of anilines is 2. The lowest BCUT2D eigenvalue weighted by atomic mass is 10.1. The van der Waals surface area contributed by atoms with Gasteiger partial charge in [0.15, 0.2) is 0 Å². The van der Waals surface area contributed by atoms with E-state index in [1.165, 1.54) is 0 Å². The zero-order valence-corrected chi connectivity index (χ0v) is 16.7. The number of hydrogen-bond donors (Lipinski definition) is 1. The van der Waals surface area contributed by atoms with E-state index in [1.807, 2.05) is 67.5 Å². The predicted molar refractivity (Wildman–Crippen MR) is 117 cm³/mol. The standard InChI is InChI=1S/C24H27N3O/c1-19(21-10-6-4-7-11-21)27(24(28)25-22-12-8-5-9-13-22)18-20-14-16-23(17-15-20)26(2)3/h4-17,19H,18H2,1-3H3,(H,25,28). The fourth-order valence-electron chi connectivity index (χ4n) is 3.11. The molecule has 1 N–H and O–H groups in total. The van der Waals surface area contributed by atoms with Gasteiger partial charge in [-0.25, -0.2) is 4.79 Å². The Morgan fingerprint density at radius 2 is 1.43 bits per heavy atom. The topological polar surface area (TPSA) is 35.6 Å². The van der Waals surface area contributed by atoms with Crippen molar-refractivity contribution in [2.45, 2.75) is 19.5 Å². The second kappa shape index (κ2) is 9.09. The summed E-state index contributed by atoms with van der Waals surface area (Å²) in [4.78, 5) is 17.0. The first-order chi connectivity index (χ1) is 13.5. The third-order valence-electron chi connectivity index (χ3n) is 4.84. The Kier molecular flexibility index (Phi) is 6.33. The van der Waals surface area contributed by atoms with Crippen molar-refractivity contribution in [1.29, 1.82) is 0 Å². The van der Waals surface area contributed by atoms with E-state index in [0.717, 1.165) is 22.5 Å². The third-order valence-corrected chi connectivity index (χ3v) is 4.84. The van der Waals surface area contributed by atoms with Crippen LogP contribution in [0, 0.1) is 0 Å². The molecule has 1 unspecified atom stereocenters. The van der Waals surface area contributed by atoms with Gasteiger partial charge in [-0.3, -0.25) is 0 Å². The molecular weight excluding hydrogens is 346 g/mol. The molecule has 0 saturated heterocycles. The molecule has 0 spiro atoms. The second-order valence-electron chi connectivity index (χ2n) is 7.07. The van der Waals surface area contributed by atoms with Crippen molar-refractivity contribution < 1.29 is 4.79 Å². The van der Waals surface area contributed by atoms with Gasteiger partial charge in [0, 0.05) is 32.0 Å². The summed E-state index contributed by atoms with van der Waals surface area (Å²) in [6, 6.07) is 27.8. The van der Waals surface area contributed by atoms with Crippen molar-refractivity contribution >= 4 is 17.4 Å². The monoisotopic (exact) mass is 373 g/mol. The lowest BCUT2D eigenvalue weighted by molar-refractivity contribution is 0.189. The molecule has 4 nitrogen and oxygen atoms in total. The van der Waals surface area contributed by atoms with E-state index in [2.05, 4.69) is 53.5 Å². The molecule has 3 aromatic rings. The van der Waals surface area contributed by atoms with Crippen molar-refractivity contribution in [3.05, 3.63) is 96.1 Å². The molecule has 0 fully saturated rings. The van der Waals surface area contributed by atoms with Crippen LogP contribution >= 0.6 is 0 Å². The highest BCUT2D eigenvalue weighted by Gasteiger charge is 2.22. The minimum Gasteiger partial charge on any atom is -0.378 e. The summed E-state index contributed by atoms with van der Waals surface area (Å²) in [5.41, 5.74) is 4.13. The van der Waals surface area contributed by atoms with Gasteiger partial charge in [0.25, 0.3) is 0 Å². The number of carbonyl (C=O) groups is 1. The van der Waals surface area contributed by atoms with E-state index >= 15 is 0 Å². The lowest BCUT2D eigenvalue weighted by Gasteiger charge is -2.30. The Balaban J connectivity index is 1.84. The number of rotatable bonds is 6. The summed E-state index contributed by atoms with van der Waals surface area (Å²) in [6.07, 6.45) is 0. The molecule has 0 heterocycles. The minimum atomic E-state index is -0.112. The van der Waals surface area contributed by atoms with E-state index < -0.39 is 0 Å². The molecule has 2 amide bonds. The SMILES string of the molecule is CC(c1ccccc1)N(Cc1ccc(N(C)C)cc1)C(=O)Nc1ccccc1. The molecule has 28 heavy (non-hydrogen) atoms. The maximum atomic E-state index is 13.1. The number of nitrogens with zero attached hydrogens (tertiary/aromatic N) is 2. The molecule has 4 heteroatoms. The van der Waals surface area contributed by atoms with Crippen LogP contribution in [0.1, 0.15) is 24.1 Å². The first-order valence-electron chi connectivity index (χ1n) is 9.48. The Hall–Kier alpha value is -3.27. The Morgan fingerprint density at radius 1 is 0.857 bits per heavy atom. The van der Waals surface area contributed by atoms with Crippen LogP contribution in [0.25, 0.3) is 0 Å². The molecule has 3 rings (SSSR count). The highest BCUT2D eigenvalue weighted by atomic mass is 16.2. The normalized spacial score (nSPS) is 11.5. The van der Waals surface area contributed by atoms with Gasteiger partial charge >= 0.3 is 6.03 Å². The zero-order chi connectivity index (χ0) is 19.9. The van der Waals surface area contributed by atoms with Crippen LogP contribution < -0.4 is 10.2 Å². The average Bonchev–Trinajstić information content (AvgIpc) is 2.73. The molecule has 0 aromatic heterocycles. The van der Waals surface area contributed by atoms with Crippen LogP contribution in [0.2, 0.25) is 0 Å². The van der Waals surface area contributed by atoms with E-state index in [-0.39, 0.29) is 12.1 Å². The molecule has 144 valence electrons. The third kappa shape index (κ3) is 4.92. The van der Waals surface area contributed by atoms with Crippen molar-refractivity contribution in [3.63, 3.8) is 0 Å². The van der Waals surface area contributed by atoms with E-state index in [4.69, 9.17) is 0 Å². The number of nitrogens with one attached hydrogen (secondary N) is 1. The molecule has 1 atom stereocenters. The maximum absolute atomic E-state index is 13.1. The van der Waals surface area contributed by atoms with Crippen molar-refractivity contribution in [2.75, 3.05) is 24.3 Å². The maximum Gasteiger partial charge on any atom is 0.322 e. The highest BCUT2D eigenvalue weighted by molar-refractivity contribution is 5.89. The van der Waals surface area contributed by atoms with Crippen molar-refractivity contribution in [2.24, 2.45) is 0 Å². The van der Waals surface area contributed by atoms with Gasteiger partial charge < -0.3 is 15.1 Å². The molecule has 3 aromatic carbocycles. The van der Waals surface area contributed by atoms with Crippen LogP contribution in [0.5, 0.6) is 0 Å². The second-order valence-corrected chi connectivity index (χ2v) is 7.07. The number of benzene rings is 3. The summed E-state index contributed by atoms with van der Waals surface area (Å²) >= 11 is 0. The predicted octanol–water partition coefficient (Wildman–Crippen LogP) is 5.55. The Bertz CT molecular complexity index is 877. The lowest BCUT2D eigenvalue weighted by Crippen LogP contribution is -2.36. The molecule has 0 saturated carbocycles. The van der Waals surface area contributed by atoms with E-state index in [9.17, 15) is 4.79 Å². The first-order valence-corrected chi connectivity index (χ1v) is 9.48. The van der Waals surface area contributed by atoms with Crippen LogP contribution in [-0.4, -0.2) is 25.0 Å². The summed E-state index contributed by atoms with van der Waals surface area (Å²) in [7, 11) is 4.04. The van der Waals surface area contributed by atoms with Gasteiger partial charge in [-0.2, -0.15) is 0 Å². The molecular formula is C24H27N3O. The number of amides is 2. The minimum absolute atomic E-state index is 0.0570. The Morgan fingerprint density at radius 3 is 2.00 bits per heavy atom. The van der Waals surface area contributed by atoms with Crippen molar-refractivity contribution in [3.8, 4) is 0 Å². The largest absolute Gasteiger partial charge is 0.378 e. The van der Waals surface area contributed by atoms with Crippen LogP contribution in [0.15, 0.2) is 84.9 Å². The summed E-state index contributed by atoms with van der Waals surface area (Å²) < 4.78 is 0. The van der Waals surface area contributed by atoms with Gasteiger partial charge in [0.05, 0.1) is 6.04 Å². The molecule has 0 aliphatic carbocycles. The number of carbonyl (C=O) groups excluding carboxylic acids is 1. The van der Waals surface area contributed by atoms with Gasteiger partial charge in [0.2, 0.25) is 0 Å². The van der Waals surface area contributed by atoms with Crippen LogP contribution in [0.3, 0.4) is 0 Å². The highest BCUT2D eigenvalue weighted by Crippen LogP contribution is 2.24. The molecule has 0 aliphatic rings. The summed E-state index contributed by atoms with van der Waals surface area (Å²) in [5, 5.41) is 3.02. The van der Waals surface area contributed by atoms with Gasteiger partial charge in [-0.05, 0) is 42.3 Å². The Labute approximate surface area is 167 Å². The average molecular weight is 374 g/mol. The van der Waals surface area contributed by atoms with Gasteiger partial charge in [0.1, 0.15) is 0 Å². The fraction of sp³-hybridized carbons (Fsp3) is 0.208. The molecule has 0 radical (unpaired) electrons. The zero-order valence-electron chi connectivity index (χ0n) is 16.7. The quantitative estimate of drug-likeness (QED) is 0.615. The van der Waals surface area contributed by atoms with Crippen LogP contribution in [-0.2, 0) is 6.54 Å². The number of hydrogen-bond acceptors (Lipinski definition) is 2. The number of urea groups is 1. The summed E-state index contributed by atoms with van der Waals surface area (Å²) in [6.45, 7) is 2.59. The van der Waals surface area contributed by atoms with Gasteiger partial charge in [-0.1, -0.05) is 60.7 Å². The molecule has 0 aliphatic heterocycles. The first kappa shape index (κ1) is 19.5. The number of para-hydroxylation sites is 1. The smallest absolute Gasteiger partial charge is 0.322 e. The molecule has 0 bridgehead atoms. The van der Waals surface area contributed by atoms with E-state index in [0.29, 0.717) is 6.54 Å². The van der Waals surface area contributed by atoms with Crippen molar-refractivity contribution in [1.82, 2.24) is 4.90 Å².